The minimum atomic E-state index is -3.79. The Balaban J connectivity index is 3.33. The van der Waals surface area contributed by atoms with Crippen LogP contribution in [0.1, 0.15) is 0 Å². The molecule has 0 atom stereocenters. The van der Waals surface area contributed by atoms with Crippen LogP contribution in [0.2, 0.25) is 5.15 Å². The molecule has 0 unspecified atom stereocenters. The lowest BCUT2D eigenvalue weighted by atomic mass is 10.5. The van der Waals surface area contributed by atoms with Crippen molar-refractivity contribution in [3.63, 3.8) is 0 Å². The molecule has 3 nitrogen and oxygen atoms in total. The lowest BCUT2D eigenvalue weighted by Crippen LogP contribution is -1.94. The van der Waals surface area contributed by atoms with Crippen molar-refractivity contribution in [2.75, 3.05) is 0 Å². The topological polar surface area (TPSA) is 47.0 Å². The van der Waals surface area contributed by atoms with Gasteiger partial charge in [-0.25, -0.2) is 13.4 Å². The first-order valence-corrected chi connectivity index (χ1v) is 6.16. The summed E-state index contributed by atoms with van der Waals surface area (Å²) in [5.74, 6) is 0. The van der Waals surface area contributed by atoms with E-state index in [-0.39, 0.29) is 10.2 Å². The van der Waals surface area contributed by atoms with Crippen LogP contribution in [0.3, 0.4) is 0 Å². The number of nitrogens with zero attached hydrogens (tertiary/aromatic N) is 1. The van der Waals surface area contributed by atoms with Crippen molar-refractivity contribution in [2.24, 2.45) is 0 Å². The summed E-state index contributed by atoms with van der Waals surface area (Å²) < 4.78 is 22.0. The molecule has 0 radical (unpaired) electrons. The van der Waals surface area contributed by atoms with Gasteiger partial charge in [0.1, 0.15) is 5.15 Å². The van der Waals surface area contributed by atoms with Crippen LogP contribution in [-0.4, -0.2) is 13.4 Å². The minimum Gasteiger partial charge on any atom is -0.222 e. The molecule has 12 heavy (non-hydrogen) atoms. The second-order valence-corrected chi connectivity index (χ2v) is 5.59. The Labute approximate surface area is 87.3 Å². The molecule has 0 spiro atoms. The second-order valence-electron chi connectivity index (χ2n) is 1.86. The normalized spacial score (nSPS) is 11.6. The number of hydrogen-bond acceptors (Lipinski definition) is 3. The first-order chi connectivity index (χ1) is 5.41. The molecule has 1 aromatic rings. The summed E-state index contributed by atoms with van der Waals surface area (Å²) in [5.41, 5.74) is 0. The zero-order valence-corrected chi connectivity index (χ0v) is 9.37. The van der Waals surface area contributed by atoms with Crippen molar-refractivity contribution in [1.29, 1.82) is 0 Å². The van der Waals surface area contributed by atoms with Gasteiger partial charge in [-0.15, -0.1) is 0 Å². The molecule has 0 amide bonds. The van der Waals surface area contributed by atoms with Crippen LogP contribution in [0.4, 0.5) is 0 Å². The van der Waals surface area contributed by atoms with Gasteiger partial charge in [-0.05, 0) is 28.1 Å². The maximum atomic E-state index is 10.7. The van der Waals surface area contributed by atoms with E-state index in [4.69, 9.17) is 22.3 Å². The van der Waals surface area contributed by atoms with Gasteiger partial charge in [-0.3, -0.25) is 0 Å². The predicted molar refractivity (Wildman–Crippen MR) is 50.0 cm³/mol. The molecule has 0 fully saturated rings. The van der Waals surface area contributed by atoms with Gasteiger partial charge in [0, 0.05) is 10.7 Å². The van der Waals surface area contributed by atoms with E-state index in [0.29, 0.717) is 4.47 Å². The minimum absolute atomic E-state index is 0.0664. The Hall–Kier alpha value is 0.160. The highest BCUT2D eigenvalue weighted by atomic mass is 79.9. The third-order valence-electron chi connectivity index (χ3n) is 1.03. The molecule has 1 heterocycles. The molecule has 0 aliphatic heterocycles. The Morgan fingerprint density at radius 3 is 2.42 bits per heavy atom. The van der Waals surface area contributed by atoms with Gasteiger partial charge in [0.05, 0.1) is 4.47 Å². The van der Waals surface area contributed by atoms with E-state index in [0.717, 1.165) is 0 Å². The molecule has 0 bridgehead atoms. The third kappa shape index (κ3) is 2.32. The van der Waals surface area contributed by atoms with Crippen LogP contribution in [0.25, 0.3) is 0 Å². The maximum absolute atomic E-state index is 10.7. The quantitative estimate of drug-likeness (QED) is 0.589. The fourth-order valence-electron chi connectivity index (χ4n) is 0.536. The number of aromatic nitrogens is 1. The zero-order chi connectivity index (χ0) is 9.35. The van der Waals surface area contributed by atoms with E-state index in [9.17, 15) is 8.42 Å². The lowest BCUT2D eigenvalue weighted by molar-refractivity contribution is 0.606. The van der Waals surface area contributed by atoms with Crippen molar-refractivity contribution in [1.82, 2.24) is 4.98 Å². The van der Waals surface area contributed by atoms with Gasteiger partial charge in [0.2, 0.25) is 0 Å². The summed E-state index contributed by atoms with van der Waals surface area (Å²) in [4.78, 5) is 3.54. The molecule has 0 saturated heterocycles. The lowest BCUT2D eigenvalue weighted by Gasteiger charge is -1.96. The van der Waals surface area contributed by atoms with Crippen LogP contribution >= 0.6 is 38.2 Å². The predicted octanol–water partition coefficient (Wildman–Crippen LogP) is 2.43. The van der Waals surface area contributed by atoms with E-state index in [1.165, 1.54) is 12.1 Å². The first kappa shape index (κ1) is 10.2. The highest BCUT2D eigenvalue weighted by molar-refractivity contribution is 9.10. The molecule has 1 aromatic heterocycles. The molecule has 66 valence electrons. The average molecular weight is 291 g/mol. The van der Waals surface area contributed by atoms with Crippen LogP contribution in [-0.2, 0) is 9.05 Å². The van der Waals surface area contributed by atoms with Gasteiger partial charge in [-0.2, -0.15) is 0 Å². The standard InChI is InChI=1S/C5H2BrCl2NO2S/c6-3-1-2-4(9-5(3)7)12(8,10)11/h1-2H. The smallest absolute Gasteiger partial charge is 0.222 e. The fourth-order valence-corrected chi connectivity index (χ4v) is 1.65. The van der Waals surface area contributed by atoms with E-state index in [1.807, 2.05) is 0 Å². The number of halogens is 3. The van der Waals surface area contributed by atoms with Crippen molar-refractivity contribution in [3.05, 3.63) is 21.8 Å². The SMILES string of the molecule is O=S(=O)(Cl)c1ccc(Br)c(Cl)n1. The molecular weight excluding hydrogens is 289 g/mol. The molecule has 7 heteroatoms. The number of rotatable bonds is 1. The average Bonchev–Trinajstić information content (AvgIpc) is 1.92. The Morgan fingerprint density at radius 1 is 1.42 bits per heavy atom. The monoisotopic (exact) mass is 289 g/mol. The summed E-state index contributed by atoms with van der Waals surface area (Å²) in [7, 11) is 1.23. The molecule has 0 aromatic carbocycles. The molecule has 0 N–H and O–H groups in total. The Morgan fingerprint density at radius 2 is 2.00 bits per heavy atom. The molecule has 0 aliphatic carbocycles. The molecule has 1 rings (SSSR count). The van der Waals surface area contributed by atoms with E-state index in [1.54, 1.807) is 0 Å². The summed E-state index contributed by atoms with van der Waals surface area (Å²) in [5, 5.41) is -0.186. The summed E-state index contributed by atoms with van der Waals surface area (Å²) >= 11 is 8.60. The van der Waals surface area contributed by atoms with E-state index in [2.05, 4.69) is 20.9 Å². The van der Waals surface area contributed by atoms with Crippen LogP contribution < -0.4 is 0 Å². The highest BCUT2D eigenvalue weighted by Gasteiger charge is 2.12. The van der Waals surface area contributed by atoms with Crippen molar-refractivity contribution >= 4 is 47.3 Å². The first-order valence-electron chi connectivity index (χ1n) is 2.68. The third-order valence-corrected chi connectivity index (χ3v) is 3.39. The van der Waals surface area contributed by atoms with Crippen molar-refractivity contribution in [2.45, 2.75) is 5.03 Å². The highest BCUT2D eigenvalue weighted by Crippen LogP contribution is 2.22. The maximum Gasteiger partial charge on any atom is 0.278 e. The molecule has 0 aliphatic rings. The summed E-state index contributed by atoms with van der Waals surface area (Å²) in [6, 6.07) is 2.73. The van der Waals surface area contributed by atoms with Crippen molar-refractivity contribution in [3.8, 4) is 0 Å². The largest absolute Gasteiger partial charge is 0.278 e. The Bertz CT molecular complexity index is 406. The van der Waals surface area contributed by atoms with Gasteiger partial charge in [-0.1, -0.05) is 11.6 Å². The molecular formula is C5H2BrCl2NO2S. The van der Waals surface area contributed by atoms with Crippen LogP contribution in [0.15, 0.2) is 21.6 Å². The fraction of sp³-hybridized carbons (Fsp3) is 0. The molecule has 0 saturated carbocycles. The second kappa shape index (κ2) is 3.49. The zero-order valence-electron chi connectivity index (χ0n) is 5.46. The Kier molecular flexibility index (Phi) is 2.98. The van der Waals surface area contributed by atoms with Gasteiger partial charge in [0.15, 0.2) is 5.03 Å². The number of pyridine rings is 1. The van der Waals surface area contributed by atoms with E-state index < -0.39 is 9.05 Å². The van der Waals surface area contributed by atoms with Gasteiger partial charge >= 0.3 is 0 Å². The van der Waals surface area contributed by atoms with Crippen LogP contribution in [0.5, 0.6) is 0 Å². The summed E-state index contributed by atoms with van der Waals surface area (Å²) in [6.45, 7) is 0. The summed E-state index contributed by atoms with van der Waals surface area (Å²) in [6.07, 6.45) is 0. The number of hydrogen-bond donors (Lipinski definition) is 0. The van der Waals surface area contributed by atoms with Gasteiger partial charge in [0.25, 0.3) is 9.05 Å². The van der Waals surface area contributed by atoms with E-state index >= 15 is 0 Å². The van der Waals surface area contributed by atoms with Crippen LogP contribution in [0, 0.1) is 0 Å². The van der Waals surface area contributed by atoms with Gasteiger partial charge < -0.3 is 0 Å². The van der Waals surface area contributed by atoms with Crippen molar-refractivity contribution < 1.29 is 8.42 Å².